The first-order valence-electron chi connectivity index (χ1n) is 12.1. The number of ether oxygens (including phenoxy) is 2. The van der Waals surface area contributed by atoms with Crippen LogP contribution >= 0.6 is 11.8 Å². The number of methoxy groups -OCH3 is 1. The second-order valence-corrected chi connectivity index (χ2v) is 9.72. The Morgan fingerprint density at radius 1 is 0.974 bits per heavy atom. The van der Waals surface area contributed by atoms with Gasteiger partial charge in [0.15, 0.2) is 18.1 Å². The van der Waals surface area contributed by atoms with E-state index in [1.807, 2.05) is 25.1 Å². The highest BCUT2D eigenvalue weighted by molar-refractivity contribution is 8.14. The van der Waals surface area contributed by atoms with Crippen LogP contribution in [-0.2, 0) is 0 Å². The molecule has 0 spiro atoms. The summed E-state index contributed by atoms with van der Waals surface area (Å²) in [5.41, 5.74) is 2.85. The number of para-hydroxylation sites is 1. The lowest BCUT2D eigenvalue weighted by molar-refractivity contribution is 0.0744. The number of thioether (sulfide) groups is 1. The summed E-state index contributed by atoms with van der Waals surface area (Å²) in [4.78, 5) is 30.7. The summed E-state index contributed by atoms with van der Waals surface area (Å²) in [6.07, 6.45) is 1.54. The van der Waals surface area contributed by atoms with Crippen LogP contribution in [0.15, 0.2) is 96.2 Å². The number of carbonyl (C=O) groups is 2. The summed E-state index contributed by atoms with van der Waals surface area (Å²) in [6.45, 7) is 1.58. The third-order valence-electron chi connectivity index (χ3n) is 6.11. The third kappa shape index (κ3) is 5.53. The molecule has 0 aliphatic carbocycles. The fourth-order valence-corrected chi connectivity index (χ4v) is 5.29. The number of aromatic nitrogens is 1. The number of rotatable bonds is 8. The van der Waals surface area contributed by atoms with Crippen LogP contribution in [0, 0.1) is 12.7 Å². The maximum absolute atomic E-state index is 13.8. The van der Waals surface area contributed by atoms with Gasteiger partial charge in [-0.3, -0.25) is 14.6 Å². The second kappa shape index (κ2) is 11.5. The standard InChI is InChI=1S/C30H24FN3O4S/c1-19-8-3-4-9-22(19)29(36)34-30(39-28(33-34)20-13-15-21(31)16-14-20)23-10-7-12-26(37-2)27(23)38-18-25(35)24-11-5-6-17-32-24/h3-17,30H,18H2,1-2H3. The van der Waals surface area contributed by atoms with Crippen LogP contribution in [0.1, 0.15) is 42.9 Å². The molecule has 39 heavy (non-hydrogen) atoms. The lowest BCUT2D eigenvalue weighted by Gasteiger charge is -2.24. The van der Waals surface area contributed by atoms with E-state index in [1.54, 1.807) is 60.8 Å². The molecule has 0 saturated heterocycles. The molecule has 0 bridgehead atoms. The van der Waals surface area contributed by atoms with Crippen LogP contribution in [0.4, 0.5) is 4.39 Å². The molecular formula is C30H24FN3O4S. The summed E-state index contributed by atoms with van der Waals surface area (Å²) in [5.74, 6) is -0.253. The number of pyridine rings is 1. The first-order chi connectivity index (χ1) is 19.0. The van der Waals surface area contributed by atoms with E-state index in [1.165, 1.54) is 36.0 Å². The number of hydrogen-bond acceptors (Lipinski definition) is 7. The van der Waals surface area contributed by atoms with Crippen molar-refractivity contribution in [2.75, 3.05) is 13.7 Å². The van der Waals surface area contributed by atoms with Crippen LogP contribution in [0.5, 0.6) is 11.5 Å². The average Bonchev–Trinajstić information content (AvgIpc) is 3.41. The Morgan fingerprint density at radius 2 is 1.74 bits per heavy atom. The molecule has 0 N–H and O–H groups in total. The zero-order valence-electron chi connectivity index (χ0n) is 21.2. The summed E-state index contributed by atoms with van der Waals surface area (Å²) >= 11 is 1.32. The summed E-state index contributed by atoms with van der Waals surface area (Å²) in [6, 6.07) is 23.6. The molecule has 5 rings (SSSR count). The van der Waals surface area contributed by atoms with E-state index in [9.17, 15) is 14.0 Å². The number of halogens is 1. The largest absolute Gasteiger partial charge is 0.493 e. The Kier molecular flexibility index (Phi) is 7.69. The third-order valence-corrected chi connectivity index (χ3v) is 7.33. The lowest BCUT2D eigenvalue weighted by atomic mass is 10.1. The molecule has 1 aromatic heterocycles. The van der Waals surface area contributed by atoms with Gasteiger partial charge < -0.3 is 9.47 Å². The van der Waals surface area contributed by atoms with Crippen LogP contribution in [0.2, 0.25) is 0 Å². The van der Waals surface area contributed by atoms with Crippen LogP contribution < -0.4 is 9.47 Å². The number of benzene rings is 3. The molecule has 1 amide bonds. The molecule has 0 fully saturated rings. The number of hydrogen-bond donors (Lipinski definition) is 0. The van der Waals surface area contributed by atoms with Gasteiger partial charge in [-0.15, -0.1) is 0 Å². The van der Waals surface area contributed by atoms with E-state index < -0.39 is 5.37 Å². The fraction of sp³-hybridized carbons (Fsp3) is 0.133. The molecule has 0 radical (unpaired) electrons. The van der Waals surface area contributed by atoms with Gasteiger partial charge in [-0.2, -0.15) is 5.10 Å². The summed E-state index contributed by atoms with van der Waals surface area (Å²) < 4.78 is 25.2. The van der Waals surface area contributed by atoms with E-state index in [0.29, 0.717) is 33.2 Å². The molecule has 2 heterocycles. The number of Topliss-reactive ketones (excluding diaryl/α,β-unsaturated/α-hetero) is 1. The van der Waals surface area contributed by atoms with E-state index in [0.717, 1.165) is 5.56 Å². The van der Waals surface area contributed by atoms with Gasteiger partial charge in [0.2, 0.25) is 5.78 Å². The highest BCUT2D eigenvalue weighted by Crippen LogP contribution is 2.47. The fourth-order valence-electron chi connectivity index (χ4n) is 4.11. The first kappa shape index (κ1) is 26.1. The normalized spacial score (nSPS) is 14.6. The van der Waals surface area contributed by atoms with E-state index >= 15 is 0 Å². The maximum Gasteiger partial charge on any atom is 0.275 e. The summed E-state index contributed by atoms with van der Waals surface area (Å²) in [7, 11) is 1.50. The van der Waals surface area contributed by atoms with Crippen molar-refractivity contribution in [3.63, 3.8) is 0 Å². The average molecular weight is 542 g/mol. The van der Waals surface area contributed by atoms with Gasteiger partial charge in [-0.25, -0.2) is 9.40 Å². The number of nitrogens with zero attached hydrogens (tertiary/aromatic N) is 3. The Labute approximate surface area is 229 Å². The van der Waals surface area contributed by atoms with E-state index in [4.69, 9.17) is 9.47 Å². The predicted molar refractivity (Wildman–Crippen MR) is 148 cm³/mol. The SMILES string of the molecule is COc1cccc(C2SC(c3ccc(F)cc3)=NN2C(=O)c2ccccc2C)c1OCC(=O)c1ccccn1. The van der Waals surface area contributed by atoms with Crippen molar-refractivity contribution < 1.29 is 23.5 Å². The number of aryl methyl sites for hydroxylation is 1. The smallest absolute Gasteiger partial charge is 0.275 e. The minimum atomic E-state index is -0.646. The number of carbonyl (C=O) groups excluding carboxylic acids is 2. The Morgan fingerprint density at radius 3 is 2.46 bits per heavy atom. The van der Waals surface area contributed by atoms with Gasteiger partial charge >= 0.3 is 0 Å². The van der Waals surface area contributed by atoms with Crippen molar-refractivity contribution in [3.05, 3.63) is 125 Å². The van der Waals surface area contributed by atoms with Gasteiger partial charge in [0.1, 0.15) is 21.9 Å². The molecule has 3 aromatic carbocycles. The monoisotopic (exact) mass is 541 g/mol. The van der Waals surface area contributed by atoms with Crippen molar-refractivity contribution in [1.29, 1.82) is 0 Å². The molecule has 4 aromatic rings. The van der Waals surface area contributed by atoms with Crippen LogP contribution in [-0.4, -0.2) is 40.4 Å². The molecule has 0 saturated carbocycles. The zero-order chi connectivity index (χ0) is 27.4. The summed E-state index contributed by atoms with van der Waals surface area (Å²) in [5, 5.41) is 5.96. The van der Waals surface area contributed by atoms with Crippen LogP contribution in [0.3, 0.4) is 0 Å². The molecule has 7 nitrogen and oxygen atoms in total. The Bertz CT molecular complexity index is 1540. The zero-order valence-corrected chi connectivity index (χ0v) is 22.0. The number of hydrazone groups is 1. The quantitative estimate of drug-likeness (QED) is 0.253. The van der Waals surface area contributed by atoms with Gasteiger partial charge in [0, 0.05) is 22.9 Å². The van der Waals surface area contributed by atoms with Gasteiger partial charge in [-0.1, -0.05) is 48.2 Å². The predicted octanol–water partition coefficient (Wildman–Crippen LogP) is 6.05. The minimum absolute atomic E-state index is 0.279. The molecule has 1 unspecified atom stereocenters. The highest BCUT2D eigenvalue weighted by Gasteiger charge is 2.37. The van der Waals surface area contributed by atoms with E-state index in [2.05, 4.69) is 10.1 Å². The molecular weight excluding hydrogens is 517 g/mol. The number of amides is 1. The Hall–Kier alpha value is -4.50. The van der Waals surface area contributed by atoms with Gasteiger partial charge in [-0.05, 0) is 61.0 Å². The van der Waals surface area contributed by atoms with Gasteiger partial charge in [0.25, 0.3) is 5.91 Å². The van der Waals surface area contributed by atoms with Crippen molar-refractivity contribution >= 4 is 28.5 Å². The van der Waals surface area contributed by atoms with Crippen molar-refractivity contribution in [2.45, 2.75) is 12.3 Å². The molecule has 9 heteroatoms. The highest BCUT2D eigenvalue weighted by atomic mass is 32.2. The molecule has 1 atom stereocenters. The van der Waals surface area contributed by atoms with Crippen molar-refractivity contribution in [1.82, 2.24) is 9.99 Å². The molecule has 1 aliphatic heterocycles. The molecule has 1 aliphatic rings. The topological polar surface area (TPSA) is 81.1 Å². The second-order valence-electron chi connectivity index (χ2n) is 8.65. The Balaban J connectivity index is 1.53. The van der Waals surface area contributed by atoms with Crippen molar-refractivity contribution in [2.24, 2.45) is 5.10 Å². The first-order valence-corrected chi connectivity index (χ1v) is 13.0. The van der Waals surface area contributed by atoms with Gasteiger partial charge in [0.05, 0.1) is 7.11 Å². The lowest BCUT2D eigenvalue weighted by Crippen LogP contribution is -2.27. The van der Waals surface area contributed by atoms with E-state index in [-0.39, 0.29) is 29.8 Å². The van der Waals surface area contributed by atoms with Crippen LogP contribution in [0.25, 0.3) is 0 Å². The van der Waals surface area contributed by atoms with Crippen molar-refractivity contribution in [3.8, 4) is 11.5 Å². The maximum atomic E-state index is 13.8. The minimum Gasteiger partial charge on any atom is -0.493 e. The number of ketones is 1. The molecule has 196 valence electrons.